The molecule has 1 aromatic heterocycles. The largest absolute Gasteiger partial charge is 0.673 e. The van der Waals surface area contributed by atoms with E-state index in [1.165, 1.54) is 11.3 Å². The number of nitrogens with one attached hydrogen (secondary N) is 1. The molecule has 1 N–H and O–H groups in total. The molecule has 0 saturated carbocycles. The standard InChI is InChI=1S/C8H7N3S.3BF4/c1-2-4-7(5-3-1)10-8-11-9-6-12-8;3*2-1(3,4)5/h1-6H,(H,10,11);;;/q;3*-1. The van der Waals surface area contributed by atoms with Crippen LogP contribution in [0.2, 0.25) is 0 Å². The first kappa shape index (κ1) is 27.2. The molecule has 0 spiro atoms. The van der Waals surface area contributed by atoms with E-state index in [1.54, 1.807) is 5.51 Å². The molecule has 0 aliphatic carbocycles. The highest BCUT2D eigenvalue weighted by Crippen LogP contribution is 2.16. The Morgan fingerprint density at radius 3 is 1.33 bits per heavy atom. The quantitative estimate of drug-likeness (QED) is 0.450. The van der Waals surface area contributed by atoms with Gasteiger partial charge in [0.05, 0.1) is 0 Å². The molecule has 0 aliphatic rings. The van der Waals surface area contributed by atoms with Crippen molar-refractivity contribution in [1.82, 2.24) is 10.2 Å². The van der Waals surface area contributed by atoms with Crippen LogP contribution < -0.4 is 5.32 Å². The van der Waals surface area contributed by atoms with E-state index >= 15 is 0 Å². The lowest BCUT2D eigenvalue weighted by Gasteiger charge is -1.98. The van der Waals surface area contributed by atoms with Crippen molar-refractivity contribution in [3.05, 3.63) is 35.8 Å². The van der Waals surface area contributed by atoms with Crippen molar-refractivity contribution >= 4 is 43.9 Å². The number of aromatic nitrogens is 2. The predicted molar refractivity (Wildman–Crippen MR) is 80.2 cm³/mol. The van der Waals surface area contributed by atoms with E-state index in [0.717, 1.165) is 10.8 Å². The zero-order valence-electron chi connectivity index (χ0n) is 12.5. The minimum absolute atomic E-state index is 0.821. The van der Waals surface area contributed by atoms with Crippen molar-refractivity contribution in [2.24, 2.45) is 0 Å². The summed E-state index contributed by atoms with van der Waals surface area (Å²) in [5.41, 5.74) is 2.74. The second-order valence-electron chi connectivity index (χ2n) is 3.72. The predicted octanol–water partition coefficient (Wildman–Crippen LogP) is 6.18. The van der Waals surface area contributed by atoms with E-state index < -0.39 is 21.8 Å². The van der Waals surface area contributed by atoms with Gasteiger partial charge in [0.2, 0.25) is 5.13 Å². The number of para-hydroxylation sites is 1. The van der Waals surface area contributed by atoms with Crippen LogP contribution in [0, 0.1) is 0 Å². The van der Waals surface area contributed by atoms with E-state index in [1.807, 2.05) is 30.3 Å². The Kier molecular flexibility index (Phi) is 12.4. The van der Waals surface area contributed by atoms with Crippen LogP contribution >= 0.6 is 11.3 Å². The minimum Gasteiger partial charge on any atom is -0.418 e. The summed E-state index contributed by atoms with van der Waals surface area (Å²) in [5.74, 6) is 0. The molecule has 0 amide bonds. The molecule has 0 unspecified atom stereocenters. The zero-order valence-corrected chi connectivity index (χ0v) is 13.4. The molecule has 0 atom stereocenters. The Morgan fingerprint density at radius 1 is 0.667 bits per heavy atom. The van der Waals surface area contributed by atoms with Crippen molar-refractivity contribution in [3.63, 3.8) is 0 Å². The van der Waals surface area contributed by atoms with Gasteiger partial charge in [-0.25, -0.2) is 0 Å². The first-order valence-corrected chi connectivity index (χ1v) is 7.03. The Balaban J connectivity index is 0. The number of hydrogen-bond acceptors (Lipinski definition) is 4. The molecule has 3 nitrogen and oxygen atoms in total. The SMILES string of the molecule is F[B-](F)(F)F.F[B-](F)(F)F.F[B-](F)(F)F.c1ccc(Nc2nncs2)cc1. The first-order chi connectivity index (χ1) is 11.9. The molecule has 0 saturated heterocycles. The molecule has 0 aliphatic heterocycles. The minimum atomic E-state index is -6.00. The average Bonchev–Trinajstić information content (AvgIpc) is 2.87. The van der Waals surface area contributed by atoms with Crippen LogP contribution in [-0.4, -0.2) is 32.0 Å². The molecule has 156 valence electrons. The fourth-order valence-electron chi connectivity index (χ4n) is 0.872. The molecule has 1 aromatic carbocycles. The molecule has 27 heavy (non-hydrogen) atoms. The fraction of sp³-hybridized carbons (Fsp3) is 0. The van der Waals surface area contributed by atoms with Crippen LogP contribution in [0.25, 0.3) is 0 Å². The number of hydrogen-bond donors (Lipinski definition) is 1. The Labute approximate surface area is 148 Å². The Hall–Kier alpha value is -2.07. The van der Waals surface area contributed by atoms with Crippen molar-refractivity contribution in [3.8, 4) is 0 Å². The second-order valence-corrected chi connectivity index (χ2v) is 4.55. The van der Waals surface area contributed by atoms with Gasteiger partial charge in [-0.1, -0.05) is 29.5 Å². The van der Waals surface area contributed by atoms with Crippen molar-refractivity contribution < 1.29 is 51.8 Å². The summed E-state index contributed by atoms with van der Waals surface area (Å²) in [6.07, 6.45) is 0. The van der Waals surface area contributed by atoms with Crippen molar-refractivity contribution in [2.75, 3.05) is 5.32 Å². The summed E-state index contributed by atoms with van der Waals surface area (Å²) >= 11 is 1.48. The van der Waals surface area contributed by atoms with Gasteiger partial charge in [0, 0.05) is 5.69 Å². The van der Waals surface area contributed by atoms with Gasteiger partial charge in [-0.2, -0.15) is 0 Å². The van der Waals surface area contributed by atoms with Gasteiger partial charge < -0.3 is 57.1 Å². The highest BCUT2D eigenvalue weighted by Gasteiger charge is 2.21. The van der Waals surface area contributed by atoms with Gasteiger partial charge in [-0.05, 0) is 12.1 Å². The van der Waals surface area contributed by atoms with Crippen molar-refractivity contribution in [2.45, 2.75) is 0 Å². The number of nitrogens with zero attached hydrogens (tertiary/aromatic N) is 2. The molecule has 0 radical (unpaired) electrons. The molecule has 0 bridgehead atoms. The normalized spacial score (nSPS) is 11.0. The van der Waals surface area contributed by atoms with E-state index in [-0.39, 0.29) is 0 Å². The Morgan fingerprint density at radius 2 is 1.04 bits per heavy atom. The van der Waals surface area contributed by atoms with Crippen LogP contribution in [0.5, 0.6) is 0 Å². The third-order valence-corrected chi connectivity index (χ3v) is 1.99. The third-order valence-electron chi connectivity index (χ3n) is 1.39. The number of rotatable bonds is 2. The number of halogens is 12. The summed E-state index contributed by atoms with van der Waals surface area (Å²) in [4.78, 5) is 0. The molecule has 19 heteroatoms. The average molecular weight is 438 g/mol. The van der Waals surface area contributed by atoms with E-state index in [9.17, 15) is 51.8 Å². The van der Waals surface area contributed by atoms with Gasteiger partial charge >= 0.3 is 21.8 Å². The summed E-state index contributed by atoms with van der Waals surface area (Å²) in [7, 11) is -18.0. The maximum atomic E-state index is 9.75. The fourth-order valence-corrected chi connectivity index (χ4v) is 1.34. The highest BCUT2D eigenvalue weighted by atomic mass is 32.1. The van der Waals surface area contributed by atoms with Gasteiger partial charge in [0.15, 0.2) is 0 Å². The van der Waals surface area contributed by atoms with Gasteiger partial charge in [-0.3, -0.25) is 0 Å². The van der Waals surface area contributed by atoms with E-state index in [2.05, 4.69) is 15.5 Å². The highest BCUT2D eigenvalue weighted by molar-refractivity contribution is 7.13. The number of anilines is 2. The van der Waals surface area contributed by atoms with Crippen LogP contribution in [0.1, 0.15) is 0 Å². The molecule has 0 fully saturated rings. The lowest BCUT2D eigenvalue weighted by Crippen LogP contribution is -2.02. The van der Waals surface area contributed by atoms with Crippen LogP contribution in [0.15, 0.2) is 35.8 Å². The van der Waals surface area contributed by atoms with Gasteiger partial charge in [0.1, 0.15) is 5.51 Å². The maximum absolute atomic E-state index is 9.75. The lowest BCUT2D eigenvalue weighted by molar-refractivity contribution is 0.366. The topological polar surface area (TPSA) is 37.8 Å². The first-order valence-electron chi connectivity index (χ1n) is 6.15. The molecule has 2 rings (SSSR count). The molecule has 2 aromatic rings. The second kappa shape index (κ2) is 12.3. The lowest BCUT2D eigenvalue weighted by atomic mass is 10.3. The Bertz CT molecular complexity index is 542. The number of benzene rings is 1. The summed E-state index contributed by atoms with van der Waals surface area (Å²) < 4.78 is 117. The zero-order chi connectivity index (χ0) is 21.7. The molecular formula is C8H7B3F12N3S-3. The third kappa shape index (κ3) is 40.2. The summed E-state index contributed by atoms with van der Waals surface area (Å²) in [6, 6.07) is 9.90. The summed E-state index contributed by atoms with van der Waals surface area (Å²) in [5, 5.41) is 11.5. The van der Waals surface area contributed by atoms with Crippen molar-refractivity contribution in [1.29, 1.82) is 0 Å². The smallest absolute Gasteiger partial charge is 0.418 e. The van der Waals surface area contributed by atoms with Crippen LogP contribution in [0.3, 0.4) is 0 Å². The van der Waals surface area contributed by atoms with Gasteiger partial charge in [0.25, 0.3) is 0 Å². The van der Waals surface area contributed by atoms with Gasteiger partial charge in [-0.15, -0.1) is 10.2 Å². The summed E-state index contributed by atoms with van der Waals surface area (Å²) in [6.45, 7) is 0. The van der Waals surface area contributed by atoms with Crippen LogP contribution in [-0.2, 0) is 0 Å². The van der Waals surface area contributed by atoms with Crippen LogP contribution in [0.4, 0.5) is 62.6 Å². The maximum Gasteiger partial charge on any atom is 0.673 e. The van der Waals surface area contributed by atoms with E-state index in [0.29, 0.717) is 0 Å². The van der Waals surface area contributed by atoms with E-state index in [4.69, 9.17) is 0 Å². The molecular weight excluding hydrogens is 431 g/mol. The molecule has 1 heterocycles. The monoisotopic (exact) mass is 438 g/mol.